The van der Waals surface area contributed by atoms with Gasteiger partial charge in [0, 0.05) is 12.1 Å². The lowest BCUT2D eigenvalue weighted by Crippen LogP contribution is -2.51. The molecule has 0 fully saturated rings. The Morgan fingerprint density at radius 2 is 1.11 bits per heavy atom. The second-order valence-corrected chi connectivity index (χ2v) is 19.7. The van der Waals surface area contributed by atoms with Crippen LogP contribution in [0.3, 0.4) is 0 Å². The zero-order chi connectivity index (χ0) is 31.7. The molecule has 0 amide bonds. The average Bonchev–Trinajstić information content (AvgIpc) is 3.00. The van der Waals surface area contributed by atoms with Crippen molar-refractivity contribution in [1.82, 2.24) is 0 Å². The molecule has 44 heavy (non-hydrogen) atoms. The maximum Gasteiger partial charge on any atom is 0.213 e. The predicted octanol–water partition coefficient (Wildman–Crippen LogP) is 9.52. The lowest BCUT2D eigenvalue weighted by atomic mass is 10.1. The summed E-state index contributed by atoms with van der Waals surface area (Å²) in [7, 11) is -4.48. The molecule has 0 radical (unpaired) electrons. The van der Waals surface area contributed by atoms with Crippen LogP contribution in [0.4, 0.5) is 11.4 Å². The highest BCUT2D eigenvalue weighted by Gasteiger charge is 2.35. The summed E-state index contributed by atoms with van der Waals surface area (Å²) in [6, 6.07) is 27.2. The van der Waals surface area contributed by atoms with E-state index in [9.17, 15) is 5.26 Å². The Balaban J connectivity index is 1.31. The van der Waals surface area contributed by atoms with Crippen LogP contribution in [0.5, 0.6) is 34.5 Å². The van der Waals surface area contributed by atoms with Gasteiger partial charge >= 0.3 is 0 Å². The van der Waals surface area contributed by atoms with Gasteiger partial charge in [-0.15, -0.1) is 0 Å². The van der Waals surface area contributed by atoms with Crippen molar-refractivity contribution in [1.29, 1.82) is 5.26 Å². The first kappa shape index (κ1) is 31.9. The second-order valence-electron chi connectivity index (χ2n) is 11.3. The predicted molar refractivity (Wildman–Crippen MR) is 175 cm³/mol. The fraction of sp³-hybridized carbons (Fsp3) is 0.206. The van der Waals surface area contributed by atoms with Gasteiger partial charge in [-0.1, -0.05) is 24.3 Å². The van der Waals surface area contributed by atoms with Gasteiger partial charge in [0.25, 0.3) is 0 Å². The summed E-state index contributed by atoms with van der Waals surface area (Å²) >= 11 is 0. The molecule has 0 aromatic heterocycles. The van der Waals surface area contributed by atoms with Gasteiger partial charge in [-0.05, 0) is 87.2 Å². The van der Waals surface area contributed by atoms with E-state index in [1.54, 1.807) is 30.3 Å². The van der Waals surface area contributed by atoms with Gasteiger partial charge < -0.3 is 23.1 Å². The molecule has 4 aromatic rings. The molecule has 0 atom stereocenters. The van der Waals surface area contributed by atoms with Gasteiger partial charge in [0.05, 0.1) is 24.8 Å². The monoisotopic (exact) mass is 619 g/mol. The number of hydrogen-bond donors (Lipinski definition) is 0. The highest BCUT2D eigenvalue weighted by atomic mass is 28.4. The lowest BCUT2D eigenvalue weighted by molar-refractivity contribution is 0.328. The zero-order valence-electron chi connectivity index (χ0n) is 25.4. The maximum absolute atomic E-state index is 9.30. The van der Waals surface area contributed by atoms with Gasteiger partial charge in [-0.25, -0.2) is 4.85 Å². The van der Waals surface area contributed by atoms with E-state index in [1.807, 2.05) is 61.5 Å². The Labute approximate surface area is 260 Å². The van der Waals surface area contributed by atoms with Crippen LogP contribution in [0.2, 0.25) is 26.2 Å². The molecule has 4 rings (SSSR count). The molecule has 0 saturated heterocycles. The van der Waals surface area contributed by atoms with Crippen LogP contribution in [0.15, 0.2) is 84.9 Å². The Hall–Kier alpha value is -5.06. The van der Waals surface area contributed by atoms with E-state index in [0.717, 1.165) is 5.56 Å². The molecule has 0 spiro atoms. The molecule has 8 nitrogen and oxygen atoms in total. The van der Waals surface area contributed by atoms with Crippen LogP contribution in [-0.2, 0) is 4.12 Å². The van der Waals surface area contributed by atoms with Crippen molar-refractivity contribution in [2.24, 2.45) is 0 Å². The van der Waals surface area contributed by atoms with Crippen LogP contribution >= 0.6 is 0 Å². The fourth-order valence-corrected chi connectivity index (χ4v) is 11.9. The van der Waals surface area contributed by atoms with Crippen molar-refractivity contribution in [3.63, 3.8) is 0 Å². The number of nitrogens with zero attached hydrogens (tertiary/aromatic N) is 3. The molecule has 0 saturated carbocycles. The number of ether oxygens (including phenoxy) is 4. The summed E-state index contributed by atoms with van der Waals surface area (Å²) in [5.74, 6) is 3.59. The number of benzene rings is 4. The molecular weight excluding hydrogens is 587 g/mol. The molecule has 0 N–H and O–H groups in total. The maximum atomic E-state index is 9.30. The lowest BCUT2D eigenvalue weighted by Gasteiger charge is -2.33. The number of rotatable bonds is 12. The number of aryl methyl sites for hydroxylation is 1. The molecule has 0 bridgehead atoms. The molecule has 0 aliphatic heterocycles. The van der Waals surface area contributed by atoms with E-state index in [4.69, 9.17) is 36.2 Å². The molecule has 0 aliphatic carbocycles. The van der Waals surface area contributed by atoms with Crippen molar-refractivity contribution in [2.75, 3.05) is 12.5 Å². The van der Waals surface area contributed by atoms with E-state index in [1.165, 1.54) is 0 Å². The molecular formula is C34H33N3O5Si2. The SMILES string of the molecule is [C-]#[N+]c1ccc(Oc2cccc(OC[Si](C)(C)O[Si](C)(C)COc3cccc(Oc4ccc(C)c(C#N)c4)c3)c2)cc1[N+]#[C-]. The highest BCUT2D eigenvalue weighted by molar-refractivity contribution is 6.84. The number of nitriles is 1. The van der Waals surface area contributed by atoms with Gasteiger partial charge in [0.2, 0.25) is 16.6 Å². The Morgan fingerprint density at radius 1 is 0.636 bits per heavy atom. The third kappa shape index (κ3) is 8.97. The van der Waals surface area contributed by atoms with E-state index >= 15 is 0 Å². The normalized spacial score (nSPS) is 11.0. The van der Waals surface area contributed by atoms with Gasteiger partial charge in [0.1, 0.15) is 47.0 Å². The summed E-state index contributed by atoms with van der Waals surface area (Å²) in [5, 5.41) is 9.30. The Kier molecular flexibility index (Phi) is 10.1. The second kappa shape index (κ2) is 13.9. The van der Waals surface area contributed by atoms with E-state index in [0.29, 0.717) is 58.2 Å². The van der Waals surface area contributed by atoms with Crippen LogP contribution in [0.1, 0.15) is 11.1 Å². The van der Waals surface area contributed by atoms with E-state index in [2.05, 4.69) is 41.9 Å². The molecule has 0 aliphatic rings. The summed E-state index contributed by atoms with van der Waals surface area (Å²) in [5.41, 5.74) is 2.03. The third-order valence-electron chi connectivity index (χ3n) is 6.33. The number of hydrogen-bond acceptors (Lipinski definition) is 6. The van der Waals surface area contributed by atoms with Crippen LogP contribution in [0, 0.1) is 31.4 Å². The first-order valence-corrected chi connectivity index (χ1v) is 20.1. The van der Waals surface area contributed by atoms with Crippen molar-refractivity contribution in [3.05, 3.63) is 119 Å². The Bertz CT molecular complexity index is 1770. The largest absolute Gasteiger partial charge is 0.494 e. The van der Waals surface area contributed by atoms with Crippen molar-refractivity contribution < 1.29 is 23.1 Å². The summed E-state index contributed by atoms with van der Waals surface area (Å²) < 4.78 is 30.9. The highest BCUT2D eigenvalue weighted by Crippen LogP contribution is 2.35. The zero-order valence-corrected chi connectivity index (χ0v) is 27.4. The smallest absolute Gasteiger partial charge is 0.213 e. The van der Waals surface area contributed by atoms with Gasteiger partial charge in [0.15, 0.2) is 11.4 Å². The molecule has 0 heterocycles. The van der Waals surface area contributed by atoms with Crippen molar-refractivity contribution in [3.8, 4) is 40.6 Å². The van der Waals surface area contributed by atoms with Crippen LogP contribution in [0.25, 0.3) is 9.69 Å². The molecule has 0 unspecified atom stereocenters. The summed E-state index contributed by atoms with van der Waals surface area (Å²) in [6.45, 7) is 24.9. The van der Waals surface area contributed by atoms with E-state index in [-0.39, 0.29) is 5.69 Å². The molecule has 222 valence electrons. The molecule has 10 heteroatoms. The first-order valence-electron chi connectivity index (χ1n) is 13.9. The fourth-order valence-electron chi connectivity index (χ4n) is 4.38. The van der Waals surface area contributed by atoms with Crippen molar-refractivity contribution in [2.45, 2.75) is 33.1 Å². The van der Waals surface area contributed by atoms with Crippen LogP contribution < -0.4 is 18.9 Å². The first-order chi connectivity index (χ1) is 21.0. The van der Waals surface area contributed by atoms with Crippen LogP contribution in [-0.4, -0.2) is 29.1 Å². The van der Waals surface area contributed by atoms with Crippen molar-refractivity contribution >= 4 is 28.0 Å². The quantitative estimate of drug-likeness (QED) is 0.116. The Morgan fingerprint density at radius 3 is 1.64 bits per heavy atom. The molecule has 4 aromatic carbocycles. The minimum atomic E-state index is -2.24. The standard InChI is InChI=1S/C34H33N3O5Si2/c1-25-14-15-31(18-26(25)22-35)40-29-12-8-10-27(19-29)38-23-43(4,5)42-44(6,7)24-39-28-11-9-13-30(20-28)41-32-16-17-33(36-2)34(21-32)37-3/h8-21H,23-24H2,1,4-7H3. The topological polar surface area (TPSA) is 78.7 Å². The summed E-state index contributed by atoms with van der Waals surface area (Å²) in [6.07, 6.45) is 0.900. The van der Waals surface area contributed by atoms with E-state index < -0.39 is 16.6 Å². The minimum Gasteiger partial charge on any atom is -0.494 e. The van der Waals surface area contributed by atoms with Gasteiger partial charge in [-0.3, -0.25) is 4.85 Å². The average molecular weight is 620 g/mol. The van der Waals surface area contributed by atoms with Gasteiger partial charge in [-0.2, -0.15) is 5.26 Å². The summed E-state index contributed by atoms with van der Waals surface area (Å²) in [4.78, 5) is 6.77. The minimum absolute atomic E-state index is 0.254. The third-order valence-corrected chi connectivity index (χ3v) is 12.4.